The highest BCUT2D eigenvalue weighted by molar-refractivity contribution is 5.43. The highest BCUT2D eigenvalue weighted by Gasteiger charge is 1.99. The quantitative estimate of drug-likeness (QED) is 0.646. The van der Waals surface area contributed by atoms with E-state index in [0.717, 1.165) is 31.4 Å². The van der Waals surface area contributed by atoms with Gasteiger partial charge in [-0.2, -0.15) is 0 Å². The van der Waals surface area contributed by atoms with E-state index >= 15 is 0 Å². The lowest BCUT2D eigenvalue weighted by Crippen LogP contribution is -2.02. The third-order valence-corrected chi connectivity index (χ3v) is 2.90. The van der Waals surface area contributed by atoms with Gasteiger partial charge in [0.1, 0.15) is 11.6 Å². The van der Waals surface area contributed by atoms with Gasteiger partial charge in [0, 0.05) is 18.3 Å². The van der Waals surface area contributed by atoms with Crippen molar-refractivity contribution in [3.63, 3.8) is 0 Å². The second-order valence-corrected chi connectivity index (χ2v) is 5.18. The van der Waals surface area contributed by atoms with Crippen LogP contribution < -0.4 is 5.32 Å². The molecule has 0 aliphatic rings. The first kappa shape index (κ1) is 14.9. The first-order valence-corrected chi connectivity index (χ1v) is 6.78. The molecule has 0 aliphatic heterocycles. The Bertz CT molecular complexity index is 330. The Morgan fingerprint density at radius 3 is 2.17 bits per heavy atom. The summed E-state index contributed by atoms with van der Waals surface area (Å²) in [6.45, 7) is 5.24. The van der Waals surface area contributed by atoms with Crippen molar-refractivity contribution in [2.24, 2.45) is 5.92 Å². The van der Waals surface area contributed by atoms with Gasteiger partial charge in [0.2, 0.25) is 0 Å². The molecule has 0 saturated carbocycles. The molecule has 3 heteroatoms. The molecule has 0 atom stereocenters. The van der Waals surface area contributed by atoms with E-state index in [1.807, 2.05) is 0 Å². The topological polar surface area (TPSA) is 12.0 Å². The van der Waals surface area contributed by atoms with Gasteiger partial charge in [-0.3, -0.25) is 0 Å². The van der Waals surface area contributed by atoms with E-state index in [1.54, 1.807) is 0 Å². The van der Waals surface area contributed by atoms with Gasteiger partial charge in [0.05, 0.1) is 0 Å². The zero-order chi connectivity index (χ0) is 13.4. The fourth-order valence-electron chi connectivity index (χ4n) is 1.92. The van der Waals surface area contributed by atoms with Crippen LogP contribution in [0.3, 0.4) is 0 Å². The molecule has 0 unspecified atom stereocenters. The average molecular weight is 255 g/mol. The monoisotopic (exact) mass is 255 g/mol. The van der Waals surface area contributed by atoms with Crippen LogP contribution in [0.5, 0.6) is 0 Å². The van der Waals surface area contributed by atoms with Crippen LogP contribution in [0.2, 0.25) is 0 Å². The van der Waals surface area contributed by atoms with Crippen LogP contribution >= 0.6 is 0 Å². The molecular formula is C15H23F2N. The Morgan fingerprint density at radius 2 is 1.56 bits per heavy atom. The summed E-state index contributed by atoms with van der Waals surface area (Å²) >= 11 is 0. The molecule has 0 spiro atoms. The van der Waals surface area contributed by atoms with Gasteiger partial charge in [-0.1, -0.05) is 39.5 Å². The molecule has 0 fully saturated rings. The summed E-state index contributed by atoms with van der Waals surface area (Å²) in [6, 6.07) is 3.53. The van der Waals surface area contributed by atoms with E-state index < -0.39 is 11.6 Å². The summed E-state index contributed by atoms with van der Waals surface area (Å²) in [5.41, 5.74) is 0.523. The zero-order valence-corrected chi connectivity index (χ0v) is 11.3. The lowest BCUT2D eigenvalue weighted by Gasteiger charge is -2.07. The third kappa shape index (κ3) is 6.58. The number of benzene rings is 1. The first-order chi connectivity index (χ1) is 8.58. The fourth-order valence-corrected chi connectivity index (χ4v) is 1.92. The van der Waals surface area contributed by atoms with Crippen molar-refractivity contribution in [3.8, 4) is 0 Å². The van der Waals surface area contributed by atoms with Crippen molar-refractivity contribution >= 4 is 5.69 Å². The maximum absolute atomic E-state index is 12.9. The molecule has 18 heavy (non-hydrogen) atoms. The zero-order valence-electron chi connectivity index (χ0n) is 11.3. The summed E-state index contributed by atoms with van der Waals surface area (Å²) in [7, 11) is 0. The first-order valence-electron chi connectivity index (χ1n) is 6.78. The molecule has 0 aliphatic carbocycles. The highest BCUT2D eigenvalue weighted by Crippen LogP contribution is 2.13. The molecule has 0 amide bonds. The predicted molar refractivity (Wildman–Crippen MR) is 72.8 cm³/mol. The minimum absolute atomic E-state index is 0.523. The Kier molecular flexibility index (Phi) is 6.69. The maximum atomic E-state index is 12.9. The van der Waals surface area contributed by atoms with Gasteiger partial charge in [-0.05, 0) is 24.5 Å². The van der Waals surface area contributed by atoms with Gasteiger partial charge >= 0.3 is 0 Å². The number of rotatable bonds is 8. The number of hydrogen-bond acceptors (Lipinski definition) is 1. The standard InChI is InChI=1S/C15H23F2N/c1-12(2)7-5-3-4-6-8-18-15-10-13(16)9-14(17)11-15/h9-12,18H,3-8H2,1-2H3. The van der Waals surface area contributed by atoms with E-state index in [4.69, 9.17) is 0 Å². The fraction of sp³-hybridized carbons (Fsp3) is 0.600. The number of nitrogens with one attached hydrogen (secondary N) is 1. The van der Waals surface area contributed by atoms with E-state index in [1.165, 1.54) is 31.4 Å². The van der Waals surface area contributed by atoms with Crippen molar-refractivity contribution in [2.45, 2.75) is 46.0 Å². The Hall–Kier alpha value is -1.12. The predicted octanol–water partition coefficient (Wildman–Crippen LogP) is 4.98. The van der Waals surface area contributed by atoms with Crippen molar-refractivity contribution in [3.05, 3.63) is 29.8 Å². The SMILES string of the molecule is CC(C)CCCCCCNc1cc(F)cc(F)c1. The lowest BCUT2D eigenvalue weighted by atomic mass is 10.0. The van der Waals surface area contributed by atoms with Crippen LogP contribution in [0.25, 0.3) is 0 Å². The van der Waals surface area contributed by atoms with Gasteiger partial charge in [-0.25, -0.2) is 8.78 Å². The van der Waals surface area contributed by atoms with Crippen LogP contribution in [0.15, 0.2) is 18.2 Å². The average Bonchev–Trinajstić information content (AvgIpc) is 2.26. The molecule has 0 saturated heterocycles. The van der Waals surface area contributed by atoms with Crippen molar-refractivity contribution in [1.29, 1.82) is 0 Å². The van der Waals surface area contributed by atoms with Gasteiger partial charge < -0.3 is 5.32 Å². The third-order valence-electron chi connectivity index (χ3n) is 2.90. The second-order valence-electron chi connectivity index (χ2n) is 5.18. The van der Waals surface area contributed by atoms with Crippen molar-refractivity contribution < 1.29 is 8.78 Å². The summed E-state index contributed by atoms with van der Waals surface area (Å²) in [5, 5.41) is 3.05. The van der Waals surface area contributed by atoms with E-state index in [0.29, 0.717) is 5.69 Å². The number of unbranched alkanes of at least 4 members (excludes halogenated alkanes) is 3. The molecule has 102 valence electrons. The molecular weight excluding hydrogens is 232 g/mol. The normalized spacial score (nSPS) is 10.9. The van der Waals surface area contributed by atoms with Crippen LogP contribution in [0, 0.1) is 17.6 Å². The maximum Gasteiger partial charge on any atom is 0.128 e. The summed E-state index contributed by atoms with van der Waals surface area (Å²) in [4.78, 5) is 0. The minimum atomic E-state index is -0.533. The molecule has 1 aromatic carbocycles. The van der Waals surface area contributed by atoms with E-state index in [9.17, 15) is 8.78 Å². The molecule has 1 rings (SSSR count). The van der Waals surface area contributed by atoms with Gasteiger partial charge in [-0.15, -0.1) is 0 Å². The Balaban J connectivity index is 2.10. The van der Waals surface area contributed by atoms with Crippen molar-refractivity contribution in [2.75, 3.05) is 11.9 Å². The molecule has 1 N–H and O–H groups in total. The Morgan fingerprint density at radius 1 is 0.944 bits per heavy atom. The molecule has 1 aromatic rings. The van der Waals surface area contributed by atoms with Crippen LogP contribution in [0.1, 0.15) is 46.0 Å². The number of anilines is 1. The highest BCUT2D eigenvalue weighted by atomic mass is 19.1. The molecule has 1 nitrogen and oxygen atoms in total. The number of hydrogen-bond donors (Lipinski definition) is 1. The van der Waals surface area contributed by atoms with Crippen LogP contribution in [-0.4, -0.2) is 6.54 Å². The van der Waals surface area contributed by atoms with Gasteiger partial charge in [0.15, 0.2) is 0 Å². The molecule has 0 aromatic heterocycles. The van der Waals surface area contributed by atoms with Crippen LogP contribution in [0.4, 0.5) is 14.5 Å². The largest absolute Gasteiger partial charge is 0.385 e. The lowest BCUT2D eigenvalue weighted by molar-refractivity contribution is 0.523. The number of halogens is 2. The summed E-state index contributed by atoms with van der Waals surface area (Å²) < 4.78 is 25.8. The van der Waals surface area contributed by atoms with Crippen molar-refractivity contribution in [1.82, 2.24) is 0 Å². The Labute approximate surface area is 109 Å². The van der Waals surface area contributed by atoms with Crippen LogP contribution in [-0.2, 0) is 0 Å². The molecule has 0 heterocycles. The molecule has 0 radical (unpaired) electrons. The minimum Gasteiger partial charge on any atom is -0.385 e. The summed E-state index contributed by atoms with van der Waals surface area (Å²) in [6.07, 6.45) is 5.99. The molecule has 0 bridgehead atoms. The van der Waals surface area contributed by atoms with Gasteiger partial charge in [0.25, 0.3) is 0 Å². The van der Waals surface area contributed by atoms with E-state index in [2.05, 4.69) is 19.2 Å². The van der Waals surface area contributed by atoms with E-state index in [-0.39, 0.29) is 0 Å². The summed E-state index contributed by atoms with van der Waals surface area (Å²) in [5.74, 6) is -0.290. The smallest absolute Gasteiger partial charge is 0.128 e. The second kappa shape index (κ2) is 8.06.